The SMILES string of the molecule is Cc1ncc(S(=O)(=O)NCCCCl)[nH]1. The quantitative estimate of drug-likeness (QED) is 0.583. The van der Waals surface area contributed by atoms with E-state index in [2.05, 4.69) is 14.7 Å². The van der Waals surface area contributed by atoms with Crippen LogP contribution in [0.25, 0.3) is 0 Å². The van der Waals surface area contributed by atoms with E-state index < -0.39 is 10.0 Å². The number of hydrogen-bond donors (Lipinski definition) is 2. The van der Waals surface area contributed by atoms with Gasteiger partial charge in [-0.05, 0) is 13.3 Å². The first-order valence-electron chi connectivity index (χ1n) is 4.13. The number of aryl methyl sites for hydroxylation is 1. The molecule has 0 unspecified atom stereocenters. The second-order valence-corrected chi connectivity index (χ2v) is 4.89. The van der Waals surface area contributed by atoms with Crippen molar-refractivity contribution in [3.05, 3.63) is 12.0 Å². The second-order valence-electron chi connectivity index (χ2n) is 2.77. The molecule has 0 aliphatic heterocycles. The molecule has 1 aromatic rings. The molecule has 0 radical (unpaired) electrons. The van der Waals surface area contributed by atoms with Crippen LogP contribution in [0.4, 0.5) is 0 Å². The van der Waals surface area contributed by atoms with Crippen LogP contribution in [0.1, 0.15) is 12.2 Å². The Kier molecular flexibility index (Phi) is 3.91. The third-order valence-corrected chi connectivity index (χ3v) is 3.21. The summed E-state index contributed by atoms with van der Waals surface area (Å²) in [7, 11) is -3.44. The van der Waals surface area contributed by atoms with Gasteiger partial charge >= 0.3 is 0 Å². The molecule has 80 valence electrons. The fourth-order valence-corrected chi connectivity index (χ4v) is 2.06. The van der Waals surface area contributed by atoms with Gasteiger partial charge in [0.2, 0.25) is 0 Å². The topological polar surface area (TPSA) is 74.8 Å². The molecule has 2 N–H and O–H groups in total. The van der Waals surface area contributed by atoms with Crippen LogP contribution in [0.5, 0.6) is 0 Å². The van der Waals surface area contributed by atoms with Crippen LogP contribution in [0, 0.1) is 6.92 Å². The number of alkyl halides is 1. The predicted molar refractivity (Wildman–Crippen MR) is 53.9 cm³/mol. The molecule has 1 heterocycles. The van der Waals surface area contributed by atoms with Crippen molar-refractivity contribution in [3.8, 4) is 0 Å². The maximum atomic E-state index is 11.5. The summed E-state index contributed by atoms with van der Waals surface area (Å²) in [6.07, 6.45) is 1.90. The van der Waals surface area contributed by atoms with Gasteiger partial charge < -0.3 is 4.98 Å². The molecular weight excluding hydrogens is 226 g/mol. The van der Waals surface area contributed by atoms with Crippen molar-refractivity contribution in [2.45, 2.75) is 18.4 Å². The van der Waals surface area contributed by atoms with Gasteiger partial charge in [0.25, 0.3) is 10.0 Å². The normalized spacial score (nSPS) is 11.9. The van der Waals surface area contributed by atoms with Gasteiger partial charge in [-0.15, -0.1) is 11.6 Å². The molecule has 0 aliphatic carbocycles. The molecule has 0 fully saturated rings. The van der Waals surface area contributed by atoms with E-state index in [0.29, 0.717) is 24.7 Å². The van der Waals surface area contributed by atoms with E-state index in [1.165, 1.54) is 6.20 Å². The smallest absolute Gasteiger partial charge is 0.257 e. The Bertz CT molecular complexity index is 387. The maximum absolute atomic E-state index is 11.5. The minimum Gasteiger partial charge on any atom is -0.332 e. The molecule has 0 saturated heterocycles. The Morgan fingerprint density at radius 2 is 2.36 bits per heavy atom. The second kappa shape index (κ2) is 4.77. The van der Waals surface area contributed by atoms with Gasteiger partial charge in [-0.2, -0.15) is 0 Å². The Hall–Kier alpha value is -0.590. The fourth-order valence-electron chi connectivity index (χ4n) is 0.886. The highest BCUT2D eigenvalue weighted by molar-refractivity contribution is 7.89. The number of imidazole rings is 1. The summed E-state index contributed by atoms with van der Waals surface area (Å²) in [5.41, 5.74) is 0. The summed E-state index contributed by atoms with van der Waals surface area (Å²) in [6.45, 7) is 2.03. The zero-order valence-corrected chi connectivity index (χ0v) is 9.32. The Balaban J connectivity index is 2.66. The van der Waals surface area contributed by atoms with Crippen molar-refractivity contribution < 1.29 is 8.42 Å². The Labute approximate surface area is 87.9 Å². The highest BCUT2D eigenvalue weighted by Gasteiger charge is 2.14. The lowest BCUT2D eigenvalue weighted by Gasteiger charge is -2.02. The summed E-state index contributed by atoms with van der Waals surface area (Å²) in [5.74, 6) is 1.01. The van der Waals surface area contributed by atoms with Crippen LogP contribution in [0.2, 0.25) is 0 Å². The number of nitrogens with zero attached hydrogens (tertiary/aromatic N) is 1. The largest absolute Gasteiger partial charge is 0.332 e. The lowest BCUT2D eigenvalue weighted by Crippen LogP contribution is -2.25. The van der Waals surface area contributed by atoms with Crippen LogP contribution in [-0.2, 0) is 10.0 Å². The Morgan fingerprint density at radius 1 is 1.64 bits per heavy atom. The van der Waals surface area contributed by atoms with Gasteiger partial charge in [-0.1, -0.05) is 0 Å². The highest BCUT2D eigenvalue weighted by Crippen LogP contribution is 2.04. The molecule has 0 aromatic carbocycles. The lowest BCUT2D eigenvalue weighted by atomic mass is 10.5. The predicted octanol–water partition coefficient (Wildman–Crippen LogP) is 0.625. The van der Waals surface area contributed by atoms with Crippen LogP contribution in [-0.4, -0.2) is 30.8 Å². The summed E-state index contributed by atoms with van der Waals surface area (Å²) < 4.78 is 25.4. The highest BCUT2D eigenvalue weighted by atomic mass is 35.5. The van der Waals surface area contributed by atoms with E-state index in [1.54, 1.807) is 6.92 Å². The summed E-state index contributed by atoms with van der Waals surface area (Å²) >= 11 is 5.43. The first-order valence-corrected chi connectivity index (χ1v) is 6.15. The number of rotatable bonds is 5. The van der Waals surface area contributed by atoms with Gasteiger partial charge in [-0.3, -0.25) is 0 Å². The molecule has 0 atom stereocenters. The molecule has 0 bridgehead atoms. The van der Waals surface area contributed by atoms with Crippen LogP contribution in [0.15, 0.2) is 11.2 Å². The van der Waals surface area contributed by atoms with E-state index in [0.717, 1.165) is 0 Å². The zero-order chi connectivity index (χ0) is 10.6. The average Bonchev–Trinajstić information content (AvgIpc) is 2.53. The van der Waals surface area contributed by atoms with Crippen molar-refractivity contribution >= 4 is 21.6 Å². The van der Waals surface area contributed by atoms with Gasteiger partial charge in [-0.25, -0.2) is 18.1 Å². The monoisotopic (exact) mass is 237 g/mol. The van der Waals surface area contributed by atoms with E-state index in [-0.39, 0.29) is 5.03 Å². The molecule has 0 amide bonds. The molecule has 1 aromatic heterocycles. The van der Waals surface area contributed by atoms with Crippen molar-refractivity contribution in [3.63, 3.8) is 0 Å². The number of H-pyrrole nitrogens is 1. The lowest BCUT2D eigenvalue weighted by molar-refractivity contribution is 0.577. The van der Waals surface area contributed by atoms with E-state index in [4.69, 9.17) is 11.6 Å². The number of halogens is 1. The summed E-state index contributed by atoms with van der Waals surface area (Å²) in [5, 5.41) is 0.0876. The molecule has 0 spiro atoms. The van der Waals surface area contributed by atoms with E-state index in [9.17, 15) is 8.42 Å². The van der Waals surface area contributed by atoms with Gasteiger partial charge in [0.15, 0.2) is 5.03 Å². The van der Waals surface area contributed by atoms with E-state index >= 15 is 0 Å². The third kappa shape index (κ3) is 2.97. The molecule has 0 saturated carbocycles. The van der Waals surface area contributed by atoms with Gasteiger partial charge in [0.1, 0.15) is 5.82 Å². The van der Waals surface area contributed by atoms with Crippen LogP contribution < -0.4 is 4.72 Å². The number of hydrogen-bond acceptors (Lipinski definition) is 3. The summed E-state index contributed by atoms with van der Waals surface area (Å²) in [6, 6.07) is 0. The zero-order valence-electron chi connectivity index (χ0n) is 7.75. The third-order valence-electron chi connectivity index (χ3n) is 1.57. The first kappa shape index (κ1) is 11.5. The number of aromatic amines is 1. The van der Waals surface area contributed by atoms with Crippen LogP contribution in [0.3, 0.4) is 0 Å². The molecule has 0 aliphatic rings. The minimum absolute atomic E-state index is 0.0876. The van der Waals surface area contributed by atoms with Crippen molar-refractivity contribution in [1.82, 2.24) is 14.7 Å². The first-order chi connectivity index (χ1) is 6.56. The molecule has 7 heteroatoms. The van der Waals surface area contributed by atoms with E-state index in [1.807, 2.05) is 0 Å². The van der Waals surface area contributed by atoms with Crippen molar-refractivity contribution in [1.29, 1.82) is 0 Å². The fraction of sp³-hybridized carbons (Fsp3) is 0.571. The van der Waals surface area contributed by atoms with Crippen molar-refractivity contribution in [2.75, 3.05) is 12.4 Å². The minimum atomic E-state index is -3.44. The molecule has 1 rings (SSSR count). The standard InChI is InChI=1S/C7H12ClN3O2S/c1-6-9-5-7(11-6)14(12,13)10-4-2-3-8/h5,10H,2-4H2,1H3,(H,9,11). The van der Waals surface area contributed by atoms with Gasteiger partial charge in [0, 0.05) is 12.4 Å². The summed E-state index contributed by atoms with van der Waals surface area (Å²) in [4.78, 5) is 6.46. The molecule has 14 heavy (non-hydrogen) atoms. The number of aromatic nitrogens is 2. The number of nitrogens with one attached hydrogen (secondary N) is 2. The average molecular weight is 238 g/mol. The van der Waals surface area contributed by atoms with Crippen LogP contribution >= 0.6 is 11.6 Å². The molecule has 5 nitrogen and oxygen atoms in total. The molecular formula is C7H12ClN3O2S. The van der Waals surface area contributed by atoms with Gasteiger partial charge in [0.05, 0.1) is 6.20 Å². The Morgan fingerprint density at radius 3 is 2.86 bits per heavy atom. The number of sulfonamides is 1. The maximum Gasteiger partial charge on any atom is 0.257 e. The van der Waals surface area contributed by atoms with Crippen molar-refractivity contribution in [2.24, 2.45) is 0 Å².